The van der Waals surface area contributed by atoms with Crippen molar-refractivity contribution >= 4 is 40.1 Å². The highest BCUT2D eigenvalue weighted by molar-refractivity contribution is 6.35. The molecule has 6 nitrogen and oxygen atoms in total. The van der Waals surface area contributed by atoms with Crippen LogP contribution >= 0.6 is 0 Å². The Morgan fingerprint density at radius 3 is 2.92 bits per heavy atom. The van der Waals surface area contributed by atoms with Gasteiger partial charge in [0.05, 0.1) is 11.7 Å². The van der Waals surface area contributed by atoms with E-state index in [0.717, 1.165) is 22.0 Å². The van der Waals surface area contributed by atoms with Gasteiger partial charge in [0.15, 0.2) is 0 Å². The second-order valence-corrected chi connectivity index (χ2v) is 5.57. The van der Waals surface area contributed by atoms with Gasteiger partial charge < -0.3 is 10.6 Å². The van der Waals surface area contributed by atoms with Gasteiger partial charge in [-0.25, -0.2) is 0 Å². The van der Waals surface area contributed by atoms with Crippen molar-refractivity contribution in [2.75, 3.05) is 12.4 Å². The molecule has 1 aliphatic heterocycles. The summed E-state index contributed by atoms with van der Waals surface area (Å²) in [5.41, 5.74) is 4.28. The summed E-state index contributed by atoms with van der Waals surface area (Å²) in [5, 5.41) is 13.3. The number of hydrogen-bond acceptors (Lipinski definition) is 3. The number of carbonyl (C=O) groups is 2. The number of hydrogen-bond donors (Lipinski definition) is 3. The molecule has 0 radical (unpaired) electrons. The van der Waals surface area contributed by atoms with Crippen LogP contribution < -0.4 is 10.6 Å². The largest absolute Gasteiger partial charge is 0.355 e. The average Bonchev–Trinajstić information content (AvgIpc) is 3.18. The summed E-state index contributed by atoms with van der Waals surface area (Å²) in [4.78, 5) is 24.1. The fourth-order valence-corrected chi connectivity index (χ4v) is 2.83. The Morgan fingerprint density at radius 1 is 1.21 bits per heavy atom. The molecule has 0 saturated heterocycles. The first-order valence-corrected chi connectivity index (χ1v) is 7.48. The van der Waals surface area contributed by atoms with Gasteiger partial charge in [-0.05, 0) is 35.9 Å². The number of anilines is 1. The quantitative estimate of drug-likeness (QED) is 0.634. The van der Waals surface area contributed by atoms with Crippen LogP contribution in [0.1, 0.15) is 21.5 Å². The first-order chi connectivity index (χ1) is 11.7. The van der Waals surface area contributed by atoms with Crippen molar-refractivity contribution in [3.05, 3.63) is 59.3 Å². The Bertz CT molecular complexity index is 1020. The molecule has 0 fully saturated rings. The fraction of sp³-hybridized carbons (Fsp3) is 0.0556. The molecule has 1 aliphatic rings. The number of aromatic amines is 1. The van der Waals surface area contributed by atoms with Crippen LogP contribution in [0.4, 0.5) is 5.69 Å². The minimum Gasteiger partial charge on any atom is -0.355 e. The van der Waals surface area contributed by atoms with Crippen molar-refractivity contribution < 1.29 is 9.59 Å². The van der Waals surface area contributed by atoms with Crippen molar-refractivity contribution in [2.24, 2.45) is 0 Å². The van der Waals surface area contributed by atoms with Gasteiger partial charge in [-0.15, -0.1) is 0 Å². The van der Waals surface area contributed by atoms with E-state index in [1.807, 2.05) is 24.3 Å². The summed E-state index contributed by atoms with van der Waals surface area (Å²) in [6, 6.07) is 11.0. The molecule has 0 saturated carbocycles. The number of rotatable bonds is 2. The lowest BCUT2D eigenvalue weighted by Crippen LogP contribution is -2.17. The summed E-state index contributed by atoms with van der Waals surface area (Å²) in [6.45, 7) is 0. The number of amides is 2. The third-order valence-electron chi connectivity index (χ3n) is 4.07. The Labute approximate surface area is 137 Å². The van der Waals surface area contributed by atoms with E-state index in [0.29, 0.717) is 16.8 Å². The van der Waals surface area contributed by atoms with Gasteiger partial charge in [0.1, 0.15) is 0 Å². The highest BCUT2D eigenvalue weighted by Crippen LogP contribution is 2.34. The van der Waals surface area contributed by atoms with Crippen molar-refractivity contribution in [3.63, 3.8) is 0 Å². The van der Waals surface area contributed by atoms with Crippen LogP contribution in [0.5, 0.6) is 0 Å². The molecule has 0 atom stereocenters. The highest BCUT2D eigenvalue weighted by Gasteiger charge is 2.25. The second kappa shape index (κ2) is 5.34. The number of aromatic nitrogens is 2. The molecule has 0 spiro atoms. The number of H-pyrrole nitrogens is 1. The van der Waals surface area contributed by atoms with Gasteiger partial charge in [-0.3, -0.25) is 14.7 Å². The standard InChI is InChI=1S/C18H14N4O2/c1-19-17(23)11-4-5-15-13(8-11)14(18(24)21-15)6-10-2-3-12-9-20-22-16(12)7-10/h2-9H,1H3,(H,19,23)(H,20,22)(H,21,24)/b14-6+. The maximum atomic E-state index is 12.3. The zero-order chi connectivity index (χ0) is 16.7. The normalized spacial score (nSPS) is 14.7. The molecule has 2 heterocycles. The third kappa shape index (κ3) is 2.25. The van der Waals surface area contributed by atoms with Gasteiger partial charge in [-0.2, -0.15) is 5.10 Å². The number of nitrogens with zero attached hydrogens (tertiary/aromatic N) is 1. The number of nitrogens with one attached hydrogen (secondary N) is 3. The molecule has 6 heteroatoms. The number of benzene rings is 2. The molecule has 1 aromatic heterocycles. The smallest absolute Gasteiger partial charge is 0.256 e. The Morgan fingerprint density at radius 2 is 2.08 bits per heavy atom. The molecule has 3 N–H and O–H groups in total. The summed E-state index contributed by atoms with van der Waals surface area (Å²) in [7, 11) is 1.58. The maximum Gasteiger partial charge on any atom is 0.256 e. The predicted octanol–water partition coefficient (Wildman–Crippen LogP) is 2.42. The second-order valence-electron chi connectivity index (χ2n) is 5.57. The summed E-state index contributed by atoms with van der Waals surface area (Å²) in [6.07, 6.45) is 3.56. The lowest BCUT2D eigenvalue weighted by Gasteiger charge is -2.03. The Balaban J connectivity index is 1.81. The molecule has 0 bridgehead atoms. The Hall–Kier alpha value is -3.41. The van der Waals surface area contributed by atoms with Gasteiger partial charge in [0.25, 0.3) is 11.8 Å². The van der Waals surface area contributed by atoms with Gasteiger partial charge in [0.2, 0.25) is 0 Å². The van der Waals surface area contributed by atoms with Crippen molar-refractivity contribution in [1.82, 2.24) is 15.5 Å². The molecule has 2 amide bonds. The van der Waals surface area contributed by atoms with E-state index in [2.05, 4.69) is 20.8 Å². The van der Waals surface area contributed by atoms with E-state index in [1.165, 1.54) is 0 Å². The minimum atomic E-state index is -0.185. The van der Waals surface area contributed by atoms with Gasteiger partial charge >= 0.3 is 0 Å². The lowest BCUT2D eigenvalue weighted by atomic mass is 10.0. The van der Waals surface area contributed by atoms with Crippen molar-refractivity contribution in [2.45, 2.75) is 0 Å². The minimum absolute atomic E-state index is 0.177. The van der Waals surface area contributed by atoms with Gasteiger partial charge in [0, 0.05) is 34.8 Å². The zero-order valence-corrected chi connectivity index (χ0v) is 12.9. The molecule has 24 heavy (non-hydrogen) atoms. The van der Waals surface area contributed by atoms with Crippen LogP contribution in [0, 0.1) is 0 Å². The first kappa shape index (κ1) is 14.2. The molecule has 118 valence electrons. The van der Waals surface area contributed by atoms with Gasteiger partial charge in [-0.1, -0.05) is 12.1 Å². The molecule has 0 aliphatic carbocycles. The van der Waals surface area contributed by atoms with E-state index < -0.39 is 0 Å². The molecular weight excluding hydrogens is 304 g/mol. The molecular formula is C18H14N4O2. The Kier molecular flexibility index (Phi) is 3.16. The average molecular weight is 318 g/mol. The third-order valence-corrected chi connectivity index (χ3v) is 4.07. The van der Waals surface area contributed by atoms with Crippen LogP contribution in [0.25, 0.3) is 22.6 Å². The molecule has 3 aromatic rings. The van der Waals surface area contributed by atoms with Crippen molar-refractivity contribution in [3.8, 4) is 0 Å². The van der Waals surface area contributed by atoms with E-state index in [9.17, 15) is 9.59 Å². The van der Waals surface area contributed by atoms with Crippen LogP contribution in [0.15, 0.2) is 42.6 Å². The molecule has 4 rings (SSSR count). The molecule has 0 unspecified atom stereocenters. The van der Waals surface area contributed by atoms with Crippen LogP contribution in [-0.2, 0) is 4.79 Å². The SMILES string of the molecule is CNC(=O)c1ccc2c(c1)/C(=C\c1ccc3cn[nH]c3c1)C(=O)N2. The van der Waals surface area contributed by atoms with Crippen LogP contribution in [0.2, 0.25) is 0 Å². The molecule has 2 aromatic carbocycles. The predicted molar refractivity (Wildman–Crippen MR) is 92.4 cm³/mol. The maximum absolute atomic E-state index is 12.3. The van der Waals surface area contributed by atoms with Crippen LogP contribution in [0.3, 0.4) is 0 Å². The summed E-state index contributed by atoms with van der Waals surface area (Å²) >= 11 is 0. The zero-order valence-electron chi connectivity index (χ0n) is 12.9. The topological polar surface area (TPSA) is 86.9 Å². The number of fused-ring (bicyclic) bond motifs is 2. The van der Waals surface area contributed by atoms with Crippen LogP contribution in [-0.4, -0.2) is 29.1 Å². The first-order valence-electron chi connectivity index (χ1n) is 7.48. The van der Waals surface area contributed by atoms with E-state index in [1.54, 1.807) is 31.4 Å². The van der Waals surface area contributed by atoms with E-state index >= 15 is 0 Å². The van der Waals surface area contributed by atoms with E-state index in [-0.39, 0.29) is 11.8 Å². The summed E-state index contributed by atoms with van der Waals surface area (Å²) < 4.78 is 0. The lowest BCUT2D eigenvalue weighted by molar-refractivity contribution is -0.110. The highest BCUT2D eigenvalue weighted by atomic mass is 16.2. The summed E-state index contributed by atoms with van der Waals surface area (Å²) in [5.74, 6) is -0.362. The van der Waals surface area contributed by atoms with E-state index in [4.69, 9.17) is 0 Å². The number of carbonyl (C=O) groups excluding carboxylic acids is 2. The van der Waals surface area contributed by atoms with Crippen molar-refractivity contribution in [1.29, 1.82) is 0 Å². The fourth-order valence-electron chi connectivity index (χ4n) is 2.83. The monoisotopic (exact) mass is 318 g/mol.